The van der Waals surface area contributed by atoms with Crippen LogP contribution in [0.3, 0.4) is 0 Å². The summed E-state index contributed by atoms with van der Waals surface area (Å²) in [7, 11) is 5.52. The van der Waals surface area contributed by atoms with E-state index in [2.05, 4.69) is 20.8 Å². The molecule has 4 nitrogen and oxygen atoms in total. The van der Waals surface area contributed by atoms with Gasteiger partial charge in [0.15, 0.2) is 0 Å². The zero-order valence-electron chi connectivity index (χ0n) is 11.6. The molecule has 17 heavy (non-hydrogen) atoms. The van der Waals surface area contributed by atoms with Gasteiger partial charge < -0.3 is 18.9 Å². The fourth-order valence-electron chi connectivity index (χ4n) is 3.68. The maximum Gasteiger partial charge on any atom is 0.142 e. The molecule has 5 atom stereocenters. The molecule has 98 valence electrons. The SMILES string of the molecule is B[C@@H]1OCC2(OC)C1OC(C)(C)[C@H]2C(C)OC. The summed E-state index contributed by atoms with van der Waals surface area (Å²) in [5.41, 5.74) is -0.632. The first kappa shape index (κ1) is 13.3. The Morgan fingerprint density at radius 1 is 1.35 bits per heavy atom. The fraction of sp³-hybridized carbons (Fsp3) is 1.00. The number of hydrogen-bond acceptors (Lipinski definition) is 4. The van der Waals surface area contributed by atoms with Gasteiger partial charge >= 0.3 is 0 Å². The van der Waals surface area contributed by atoms with Gasteiger partial charge in [0.1, 0.15) is 19.6 Å². The molecular weight excluding hydrogens is 219 g/mol. The average molecular weight is 242 g/mol. The predicted octanol–water partition coefficient (Wildman–Crippen LogP) is 0.190. The van der Waals surface area contributed by atoms with Gasteiger partial charge in [0.25, 0.3) is 0 Å². The van der Waals surface area contributed by atoms with E-state index in [0.717, 1.165) is 0 Å². The maximum absolute atomic E-state index is 6.18. The highest BCUT2D eigenvalue weighted by molar-refractivity contribution is 6.11. The van der Waals surface area contributed by atoms with Crippen LogP contribution < -0.4 is 0 Å². The zero-order valence-corrected chi connectivity index (χ0v) is 11.6. The van der Waals surface area contributed by atoms with Gasteiger partial charge in [0.2, 0.25) is 0 Å². The van der Waals surface area contributed by atoms with E-state index in [1.807, 2.05) is 7.85 Å². The van der Waals surface area contributed by atoms with Gasteiger partial charge in [0.05, 0.1) is 24.3 Å². The van der Waals surface area contributed by atoms with Gasteiger partial charge in [-0.1, -0.05) is 0 Å². The van der Waals surface area contributed by atoms with Crippen molar-refractivity contribution in [3.63, 3.8) is 0 Å². The Labute approximate surface area is 104 Å². The normalized spacial score (nSPS) is 45.8. The van der Waals surface area contributed by atoms with Gasteiger partial charge in [0, 0.05) is 20.1 Å². The fourth-order valence-corrected chi connectivity index (χ4v) is 3.68. The largest absolute Gasteiger partial charge is 0.381 e. The highest BCUT2D eigenvalue weighted by Gasteiger charge is 2.66. The second-order valence-electron chi connectivity index (χ2n) is 5.74. The van der Waals surface area contributed by atoms with E-state index in [-0.39, 0.29) is 35.3 Å². The van der Waals surface area contributed by atoms with Gasteiger partial charge in [-0.2, -0.15) is 0 Å². The molecule has 0 aliphatic carbocycles. The second kappa shape index (κ2) is 4.23. The molecule has 0 aromatic carbocycles. The Kier molecular flexibility index (Phi) is 3.32. The van der Waals surface area contributed by atoms with Crippen molar-refractivity contribution in [2.45, 2.75) is 50.2 Å². The van der Waals surface area contributed by atoms with Crippen molar-refractivity contribution in [2.75, 3.05) is 20.8 Å². The molecule has 0 spiro atoms. The molecule has 0 N–H and O–H groups in total. The lowest BCUT2D eigenvalue weighted by atomic mass is 9.73. The predicted molar refractivity (Wildman–Crippen MR) is 66.9 cm³/mol. The number of methoxy groups -OCH3 is 2. The van der Waals surface area contributed by atoms with Crippen molar-refractivity contribution >= 4 is 7.85 Å². The van der Waals surface area contributed by atoms with E-state index in [1.54, 1.807) is 14.2 Å². The first-order valence-electron chi connectivity index (χ1n) is 6.26. The van der Waals surface area contributed by atoms with Gasteiger partial charge in [-0.25, -0.2) is 0 Å². The van der Waals surface area contributed by atoms with Crippen LogP contribution >= 0.6 is 0 Å². The molecule has 2 fully saturated rings. The summed E-state index contributed by atoms with van der Waals surface area (Å²) >= 11 is 0. The van der Waals surface area contributed by atoms with Crippen LogP contribution in [0.25, 0.3) is 0 Å². The van der Waals surface area contributed by atoms with Gasteiger partial charge in [-0.15, -0.1) is 0 Å². The van der Waals surface area contributed by atoms with E-state index >= 15 is 0 Å². The summed E-state index contributed by atoms with van der Waals surface area (Å²) in [5, 5.41) is 0. The van der Waals surface area contributed by atoms with Crippen LogP contribution in [0.2, 0.25) is 0 Å². The van der Waals surface area contributed by atoms with E-state index in [0.29, 0.717) is 6.61 Å². The number of hydrogen-bond donors (Lipinski definition) is 0. The van der Waals surface area contributed by atoms with Crippen LogP contribution in [0.1, 0.15) is 20.8 Å². The molecule has 0 amide bonds. The highest BCUT2D eigenvalue weighted by Crippen LogP contribution is 2.51. The molecule has 2 heterocycles. The minimum Gasteiger partial charge on any atom is -0.381 e. The minimum atomic E-state index is -0.377. The lowest BCUT2D eigenvalue weighted by molar-refractivity contribution is -0.109. The Balaban J connectivity index is 2.39. The summed E-state index contributed by atoms with van der Waals surface area (Å²) in [6, 6.07) is 0.0725. The number of ether oxygens (including phenoxy) is 4. The molecule has 0 aromatic rings. The van der Waals surface area contributed by atoms with Crippen molar-refractivity contribution in [3.8, 4) is 0 Å². The molecule has 2 aliphatic rings. The van der Waals surface area contributed by atoms with Gasteiger partial charge in [-0.3, -0.25) is 0 Å². The lowest BCUT2D eigenvalue weighted by Gasteiger charge is -2.38. The zero-order chi connectivity index (χ0) is 12.8. The third kappa shape index (κ3) is 1.75. The smallest absolute Gasteiger partial charge is 0.142 e. The summed E-state index contributed by atoms with van der Waals surface area (Å²) in [6.45, 7) is 6.87. The molecule has 0 bridgehead atoms. The molecule has 5 heteroatoms. The molecule has 2 rings (SSSR count). The summed E-state index contributed by atoms with van der Waals surface area (Å²) < 4.78 is 23.3. The highest BCUT2D eigenvalue weighted by atomic mass is 16.6. The Bertz CT molecular complexity index is 296. The van der Waals surface area contributed by atoms with Crippen LogP contribution in [0.15, 0.2) is 0 Å². The van der Waals surface area contributed by atoms with Crippen molar-refractivity contribution in [1.29, 1.82) is 0 Å². The topological polar surface area (TPSA) is 36.9 Å². The Morgan fingerprint density at radius 2 is 2.00 bits per heavy atom. The van der Waals surface area contributed by atoms with E-state index < -0.39 is 0 Å². The van der Waals surface area contributed by atoms with Crippen LogP contribution in [0.4, 0.5) is 0 Å². The molecule has 2 aliphatic heterocycles. The van der Waals surface area contributed by atoms with Crippen LogP contribution in [0.5, 0.6) is 0 Å². The minimum absolute atomic E-state index is 0.00917. The quantitative estimate of drug-likeness (QED) is 0.662. The third-order valence-corrected chi connectivity index (χ3v) is 4.41. The van der Waals surface area contributed by atoms with Crippen molar-refractivity contribution in [2.24, 2.45) is 5.92 Å². The first-order valence-corrected chi connectivity index (χ1v) is 6.26. The average Bonchev–Trinajstić information content (AvgIpc) is 2.70. The Hall–Kier alpha value is -0.0951. The summed E-state index contributed by atoms with van der Waals surface area (Å²) in [6.07, 6.45) is 0.0638. The van der Waals surface area contributed by atoms with E-state index in [4.69, 9.17) is 18.9 Å². The number of rotatable bonds is 3. The maximum atomic E-state index is 6.18. The lowest BCUT2D eigenvalue weighted by Crippen LogP contribution is -2.53. The van der Waals surface area contributed by atoms with E-state index in [9.17, 15) is 0 Å². The molecule has 0 aromatic heterocycles. The standard InChI is InChI=1S/C12H23BO4/c1-7(14-4)8-11(2,3)17-9-10(13)16-6-12(8,9)15-5/h7-10H,6,13H2,1-5H3/t7?,8-,9?,10-,12?/m1/s1. The van der Waals surface area contributed by atoms with Crippen LogP contribution in [-0.2, 0) is 18.9 Å². The Morgan fingerprint density at radius 3 is 2.53 bits per heavy atom. The van der Waals surface area contributed by atoms with Crippen LogP contribution in [-0.4, -0.2) is 58.1 Å². The second-order valence-corrected chi connectivity index (χ2v) is 5.74. The molecule has 0 radical (unpaired) electrons. The first-order chi connectivity index (χ1) is 7.89. The number of fused-ring (bicyclic) bond motifs is 1. The van der Waals surface area contributed by atoms with Crippen molar-refractivity contribution in [3.05, 3.63) is 0 Å². The van der Waals surface area contributed by atoms with Crippen molar-refractivity contribution < 1.29 is 18.9 Å². The summed E-state index contributed by atoms with van der Waals surface area (Å²) in [5.74, 6) is 0.167. The van der Waals surface area contributed by atoms with Crippen molar-refractivity contribution in [1.82, 2.24) is 0 Å². The van der Waals surface area contributed by atoms with Gasteiger partial charge in [-0.05, 0) is 20.8 Å². The summed E-state index contributed by atoms with van der Waals surface area (Å²) in [4.78, 5) is 0. The molecular formula is C12H23BO4. The third-order valence-electron chi connectivity index (χ3n) is 4.41. The molecule has 2 saturated heterocycles. The molecule has 3 unspecified atom stereocenters. The van der Waals surface area contributed by atoms with Crippen LogP contribution in [0, 0.1) is 5.92 Å². The monoisotopic (exact) mass is 242 g/mol. The van der Waals surface area contributed by atoms with E-state index in [1.165, 1.54) is 0 Å². The molecule has 0 saturated carbocycles.